The highest BCUT2D eigenvalue weighted by molar-refractivity contribution is 7.89. The van der Waals surface area contributed by atoms with Crippen molar-refractivity contribution in [3.05, 3.63) is 29.8 Å². The number of piperidine rings is 1. The van der Waals surface area contributed by atoms with E-state index in [0.717, 1.165) is 31.6 Å². The Bertz CT molecular complexity index is 837. The van der Waals surface area contributed by atoms with E-state index in [4.69, 9.17) is 14.6 Å². The third kappa shape index (κ3) is 5.51. The summed E-state index contributed by atoms with van der Waals surface area (Å²) >= 11 is 0. The van der Waals surface area contributed by atoms with Gasteiger partial charge in [-0.05, 0) is 51.4 Å². The molecule has 3 rings (SSSR count). The van der Waals surface area contributed by atoms with Crippen molar-refractivity contribution in [1.82, 2.24) is 9.21 Å². The van der Waals surface area contributed by atoms with Crippen molar-refractivity contribution in [3.63, 3.8) is 0 Å². The molecule has 2 fully saturated rings. The number of alkyl halides is 3. The van der Waals surface area contributed by atoms with Gasteiger partial charge in [0.25, 0.3) is 0 Å². The molecule has 0 amide bonds. The number of carboxylic acid groups (broad SMARTS) is 1. The van der Waals surface area contributed by atoms with Gasteiger partial charge in [0.15, 0.2) is 0 Å². The van der Waals surface area contributed by atoms with Crippen LogP contribution in [0.3, 0.4) is 0 Å². The molecule has 170 valence electrons. The smallest absolute Gasteiger partial charge is 0.475 e. The third-order valence-corrected chi connectivity index (χ3v) is 7.40. The second-order valence-corrected chi connectivity index (χ2v) is 9.79. The average Bonchev–Trinajstić information content (AvgIpc) is 2.61. The molecule has 1 aromatic rings. The zero-order valence-corrected chi connectivity index (χ0v) is 18.0. The van der Waals surface area contributed by atoms with Gasteiger partial charge in [-0.1, -0.05) is 17.7 Å². The van der Waals surface area contributed by atoms with E-state index >= 15 is 0 Å². The molecule has 0 saturated carbocycles. The molecular weight excluding hydrogens is 425 g/mol. The molecule has 2 heterocycles. The molecule has 30 heavy (non-hydrogen) atoms. The Morgan fingerprint density at radius 2 is 1.80 bits per heavy atom. The minimum atomic E-state index is -5.08. The summed E-state index contributed by atoms with van der Waals surface area (Å²) in [6.07, 6.45) is -2.95. The summed E-state index contributed by atoms with van der Waals surface area (Å²) in [6, 6.07) is 7.11. The van der Waals surface area contributed by atoms with Crippen LogP contribution < -0.4 is 0 Å². The first-order chi connectivity index (χ1) is 13.8. The number of hydrogen-bond donors (Lipinski definition) is 1. The SMILES string of the molecule is COCC1CCN(C)C2(C1)CN(S(=O)(=O)c1ccc(C)cc1)C2.O=C(O)C(F)(F)F. The number of likely N-dealkylation sites (tertiary alicyclic amines) is 1. The van der Waals surface area contributed by atoms with Crippen LogP contribution in [0.2, 0.25) is 0 Å². The number of ether oxygens (including phenoxy) is 1. The first-order valence-electron chi connectivity index (χ1n) is 9.39. The van der Waals surface area contributed by atoms with E-state index in [9.17, 15) is 21.6 Å². The fraction of sp³-hybridized carbons (Fsp3) is 0.632. The molecule has 11 heteroatoms. The maximum absolute atomic E-state index is 12.7. The highest BCUT2D eigenvalue weighted by Gasteiger charge is 2.53. The molecular formula is C19H27F3N2O5S. The number of methoxy groups -OCH3 is 1. The number of carboxylic acids is 1. The van der Waals surface area contributed by atoms with E-state index in [-0.39, 0.29) is 5.54 Å². The van der Waals surface area contributed by atoms with Crippen LogP contribution in [-0.2, 0) is 19.6 Å². The van der Waals surface area contributed by atoms with Gasteiger partial charge in [0, 0.05) is 32.3 Å². The van der Waals surface area contributed by atoms with Gasteiger partial charge in [-0.3, -0.25) is 4.90 Å². The van der Waals surface area contributed by atoms with Crippen molar-refractivity contribution in [2.24, 2.45) is 5.92 Å². The number of benzene rings is 1. The lowest BCUT2D eigenvalue weighted by Crippen LogP contribution is -2.72. The first kappa shape index (κ1) is 24.6. The van der Waals surface area contributed by atoms with Gasteiger partial charge in [0.2, 0.25) is 10.0 Å². The minimum Gasteiger partial charge on any atom is -0.475 e. The second kappa shape index (κ2) is 9.21. The number of likely N-dealkylation sites (N-methyl/N-ethyl adjacent to an activating group) is 1. The first-order valence-corrected chi connectivity index (χ1v) is 10.8. The highest BCUT2D eigenvalue weighted by atomic mass is 32.2. The normalized spacial score (nSPS) is 22.1. The summed E-state index contributed by atoms with van der Waals surface area (Å²) in [6.45, 7) is 4.90. The number of aryl methyl sites for hydroxylation is 1. The Morgan fingerprint density at radius 3 is 2.27 bits per heavy atom. The van der Waals surface area contributed by atoms with Gasteiger partial charge >= 0.3 is 12.1 Å². The highest BCUT2D eigenvalue weighted by Crippen LogP contribution is 2.40. The van der Waals surface area contributed by atoms with Crippen molar-refractivity contribution in [2.75, 3.05) is 40.4 Å². The molecule has 2 aliphatic heterocycles. The molecule has 0 aromatic heterocycles. The zero-order chi connectivity index (χ0) is 22.7. The van der Waals surface area contributed by atoms with Crippen molar-refractivity contribution < 1.29 is 36.2 Å². The van der Waals surface area contributed by atoms with E-state index in [1.807, 2.05) is 19.1 Å². The Hall–Kier alpha value is -1.69. The molecule has 1 atom stereocenters. The maximum atomic E-state index is 12.7. The lowest BCUT2D eigenvalue weighted by Gasteiger charge is -2.57. The lowest BCUT2D eigenvalue weighted by molar-refractivity contribution is -0.192. The Kier molecular flexibility index (Phi) is 7.54. The third-order valence-electron chi connectivity index (χ3n) is 5.60. The monoisotopic (exact) mass is 452 g/mol. The minimum absolute atomic E-state index is 0.0147. The van der Waals surface area contributed by atoms with E-state index in [1.165, 1.54) is 0 Å². The van der Waals surface area contributed by atoms with Gasteiger partial charge in [-0.25, -0.2) is 13.2 Å². The molecule has 1 aromatic carbocycles. The van der Waals surface area contributed by atoms with Crippen LogP contribution in [0, 0.1) is 12.8 Å². The number of nitrogens with zero attached hydrogens (tertiary/aromatic N) is 2. The summed E-state index contributed by atoms with van der Waals surface area (Å²) in [5.41, 5.74) is 1.05. The lowest BCUT2D eigenvalue weighted by atomic mass is 9.77. The predicted octanol–water partition coefficient (Wildman–Crippen LogP) is 2.36. The maximum Gasteiger partial charge on any atom is 0.490 e. The average molecular weight is 452 g/mol. The van der Waals surface area contributed by atoms with Gasteiger partial charge in [0.1, 0.15) is 0 Å². The van der Waals surface area contributed by atoms with Gasteiger partial charge < -0.3 is 9.84 Å². The van der Waals surface area contributed by atoms with Crippen molar-refractivity contribution in [1.29, 1.82) is 0 Å². The van der Waals surface area contributed by atoms with Gasteiger partial charge in [-0.15, -0.1) is 0 Å². The van der Waals surface area contributed by atoms with E-state index in [2.05, 4.69) is 11.9 Å². The molecule has 1 unspecified atom stereocenters. The number of aliphatic carboxylic acids is 1. The van der Waals surface area contributed by atoms with E-state index in [1.54, 1.807) is 23.5 Å². The van der Waals surface area contributed by atoms with E-state index in [0.29, 0.717) is 23.9 Å². The van der Waals surface area contributed by atoms with Gasteiger partial charge in [0.05, 0.1) is 4.90 Å². The van der Waals surface area contributed by atoms with Crippen LogP contribution in [0.15, 0.2) is 29.2 Å². The summed E-state index contributed by atoms with van der Waals surface area (Å²) in [7, 11) is 0.474. The molecule has 0 bridgehead atoms. The van der Waals surface area contributed by atoms with Crippen molar-refractivity contribution in [2.45, 2.75) is 36.4 Å². The molecule has 7 nitrogen and oxygen atoms in total. The molecule has 1 spiro atoms. The van der Waals surface area contributed by atoms with Crippen LogP contribution in [0.1, 0.15) is 18.4 Å². The number of rotatable bonds is 4. The zero-order valence-electron chi connectivity index (χ0n) is 17.1. The van der Waals surface area contributed by atoms with Crippen LogP contribution >= 0.6 is 0 Å². The predicted molar refractivity (Wildman–Crippen MR) is 104 cm³/mol. The second-order valence-electron chi connectivity index (χ2n) is 7.85. The molecule has 1 N–H and O–H groups in total. The Morgan fingerprint density at radius 1 is 1.27 bits per heavy atom. The Labute approximate surface area is 174 Å². The molecule has 0 aliphatic carbocycles. The fourth-order valence-electron chi connectivity index (χ4n) is 3.80. The van der Waals surface area contributed by atoms with Crippen molar-refractivity contribution in [3.8, 4) is 0 Å². The molecule has 2 aliphatic rings. The fourth-order valence-corrected chi connectivity index (χ4v) is 5.40. The quantitative estimate of drug-likeness (QED) is 0.755. The topological polar surface area (TPSA) is 87.2 Å². The van der Waals surface area contributed by atoms with Crippen LogP contribution in [0.4, 0.5) is 13.2 Å². The summed E-state index contributed by atoms with van der Waals surface area (Å²) in [4.78, 5) is 11.6. The number of carbonyl (C=O) groups is 1. The largest absolute Gasteiger partial charge is 0.490 e. The molecule has 2 saturated heterocycles. The Balaban J connectivity index is 0.000000396. The number of sulfonamides is 1. The van der Waals surface area contributed by atoms with Crippen LogP contribution in [-0.4, -0.2) is 80.8 Å². The van der Waals surface area contributed by atoms with Crippen LogP contribution in [0.5, 0.6) is 0 Å². The standard InChI is InChI=1S/C17H26N2O3S.C2HF3O2/c1-14-4-6-16(7-5-14)23(20,21)19-12-17(13-19)10-15(11-22-3)8-9-18(17)2;3-2(4,5)1(6)7/h4-7,15H,8-13H2,1-3H3;(H,6,7). The van der Waals surface area contributed by atoms with Crippen molar-refractivity contribution >= 4 is 16.0 Å². The number of hydrogen-bond acceptors (Lipinski definition) is 5. The molecule has 0 radical (unpaired) electrons. The van der Waals surface area contributed by atoms with Crippen LogP contribution in [0.25, 0.3) is 0 Å². The summed E-state index contributed by atoms with van der Waals surface area (Å²) < 4.78 is 64.1. The summed E-state index contributed by atoms with van der Waals surface area (Å²) in [5, 5.41) is 7.12. The van der Waals surface area contributed by atoms with Gasteiger partial charge in [-0.2, -0.15) is 17.5 Å². The summed E-state index contributed by atoms with van der Waals surface area (Å²) in [5.74, 6) is -2.23. The number of halogens is 3. The van der Waals surface area contributed by atoms with E-state index < -0.39 is 22.2 Å².